The number of amides is 1. The molecule has 4 heterocycles. The summed E-state index contributed by atoms with van der Waals surface area (Å²) in [5, 5.41) is 0. The Labute approximate surface area is 174 Å². The molecule has 0 radical (unpaired) electrons. The van der Waals surface area contributed by atoms with Crippen molar-refractivity contribution in [2.45, 2.75) is 25.2 Å². The van der Waals surface area contributed by atoms with E-state index in [0.29, 0.717) is 18.7 Å². The number of rotatable bonds is 4. The van der Waals surface area contributed by atoms with Crippen LogP contribution >= 0.6 is 0 Å². The summed E-state index contributed by atoms with van der Waals surface area (Å²) in [6.07, 6.45) is 9.30. The number of hydrogen-bond donors (Lipinski definition) is 0. The Bertz CT molecular complexity index is 1060. The lowest BCUT2D eigenvalue weighted by atomic mass is 9.90. The number of hydrogen-bond acceptors (Lipinski definition) is 6. The maximum atomic E-state index is 13.0. The van der Waals surface area contributed by atoms with Crippen molar-refractivity contribution in [2.24, 2.45) is 0 Å². The zero-order valence-corrected chi connectivity index (χ0v) is 16.5. The molecule has 0 spiro atoms. The molecule has 0 N–H and O–H groups in total. The Morgan fingerprint density at radius 1 is 1.10 bits per heavy atom. The van der Waals surface area contributed by atoms with Crippen LogP contribution in [0, 0.1) is 0 Å². The second kappa shape index (κ2) is 8.10. The van der Waals surface area contributed by atoms with E-state index in [4.69, 9.17) is 9.47 Å². The number of aromatic nitrogens is 3. The normalized spacial score (nSPS) is 17.7. The zero-order valence-electron chi connectivity index (χ0n) is 16.5. The maximum absolute atomic E-state index is 13.0. The van der Waals surface area contributed by atoms with Gasteiger partial charge in [-0.25, -0.2) is 9.97 Å². The number of ether oxygens (including phenoxy) is 2. The van der Waals surface area contributed by atoms with Crippen LogP contribution in [0.25, 0.3) is 11.1 Å². The Hall–Kier alpha value is -3.48. The van der Waals surface area contributed by atoms with Gasteiger partial charge in [-0.15, -0.1) is 0 Å². The van der Waals surface area contributed by atoms with E-state index >= 15 is 0 Å². The van der Waals surface area contributed by atoms with Crippen molar-refractivity contribution in [3.05, 3.63) is 66.5 Å². The Kier molecular flexibility index (Phi) is 5.01. The van der Waals surface area contributed by atoms with Crippen LogP contribution in [-0.2, 0) is 11.2 Å². The molecule has 152 valence electrons. The molecule has 1 saturated heterocycles. The number of fused-ring (bicyclic) bond motifs is 1. The van der Waals surface area contributed by atoms with Crippen molar-refractivity contribution in [3.8, 4) is 22.6 Å². The highest BCUT2D eigenvalue weighted by molar-refractivity contribution is 5.79. The number of likely N-dealkylation sites (tertiary alicyclic amines) is 1. The summed E-state index contributed by atoms with van der Waals surface area (Å²) in [4.78, 5) is 27.9. The van der Waals surface area contributed by atoms with Gasteiger partial charge in [0.1, 0.15) is 6.33 Å². The van der Waals surface area contributed by atoms with Crippen molar-refractivity contribution in [2.75, 3.05) is 19.9 Å². The Morgan fingerprint density at radius 3 is 2.87 bits per heavy atom. The first kappa shape index (κ1) is 18.5. The first-order valence-corrected chi connectivity index (χ1v) is 10.1. The predicted octanol–water partition coefficient (Wildman–Crippen LogP) is 3.22. The summed E-state index contributed by atoms with van der Waals surface area (Å²) in [5.41, 5.74) is 3.99. The van der Waals surface area contributed by atoms with Gasteiger partial charge in [0, 0.05) is 43.2 Å². The molecule has 2 aromatic heterocycles. The van der Waals surface area contributed by atoms with Crippen LogP contribution in [0.15, 0.2) is 55.2 Å². The van der Waals surface area contributed by atoms with Crippen LogP contribution < -0.4 is 9.47 Å². The minimum atomic E-state index is 0.123. The summed E-state index contributed by atoms with van der Waals surface area (Å²) in [6.45, 7) is 1.67. The van der Waals surface area contributed by atoms with E-state index in [1.165, 1.54) is 0 Å². The van der Waals surface area contributed by atoms with E-state index in [0.717, 1.165) is 47.5 Å². The topological polar surface area (TPSA) is 77.4 Å². The molecule has 1 atom stereocenters. The second-order valence-electron chi connectivity index (χ2n) is 7.60. The molecule has 0 bridgehead atoms. The molecule has 1 amide bonds. The maximum Gasteiger partial charge on any atom is 0.231 e. The van der Waals surface area contributed by atoms with E-state index in [1.807, 2.05) is 41.4 Å². The Balaban J connectivity index is 1.32. The quantitative estimate of drug-likeness (QED) is 0.667. The van der Waals surface area contributed by atoms with Crippen LogP contribution in [0.1, 0.15) is 30.0 Å². The first-order chi connectivity index (χ1) is 14.8. The molecule has 2 aliphatic heterocycles. The Morgan fingerprint density at radius 2 is 1.97 bits per heavy atom. The third-order valence-electron chi connectivity index (χ3n) is 5.69. The van der Waals surface area contributed by atoms with Crippen LogP contribution in [0.2, 0.25) is 0 Å². The van der Waals surface area contributed by atoms with Gasteiger partial charge in [0.15, 0.2) is 11.5 Å². The molecule has 1 aromatic carbocycles. The van der Waals surface area contributed by atoms with Gasteiger partial charge >= 0.3 is 0 Å². The summed E-state index contributed by atoms with van der Waals surface area (Å²) in [6, 6.07) is 9.62. The lowest BCUT2D eigenvalue weighted by Crippen LogP contribution is -2.40. The molecule has 5 rings (SSSR count). The molecule has 0 saturated carbocycles. The van der Waals surface area contributed by atoms with Gasteiger partial charge in [0.2, 0.25) is 12.7 Å². The van der Waals surface area contributed by atoms with Gasteiger partial charge in [-0.05, 0) is 48.2 Å². The van der Waals surface area contributed by atoms with E-state index in [-0.39, 0.29) is 18.6 Å². The average Bonchev–Trinajstić information content (AvgIpc) is 3.28. The average molecular weight is 402 g/mol. The summed E-state index contributed by atoms with van der Waals surface area (Å²) >= 11 is 0. The molecule has 7 nitrogen and oxygen atoms in total. The lowest BCUT2D eigenvalue weighted by molar-refractivity contribution is -0.131. The standard InChI is InChI=1S/C23H22N4O3/c28-22(11-16-3-4-20-21(10-16)30-15-29-20)27-9-1-2-18(13-27)23-19(12-25-14-26-23)17-5-7-24-8-6-17/h3-8,10,12,14,18H,1-2,9,11,13,15H2/t18-/m0/s1. The minimum absolute atomic E-state index is 0.123. The van der Waals surface area contributed by atoms with E-state index < -0.39 is 0 Å². The smallest absolute Gasteiger partial charge is 0.231 e. The number of carbonyl (C=O) groups is 1. The summed E-state index contributed by atoms with van der Waals surface area (Å²) in [5.74, 6) is 1.75. The monoisotopic (exact) mass is 402 g/mol. The van der Waals surface area contributed by atoms with E-state index in [1.54, 1.807) is 18.7 Å². The number of carbonyl (C=O) groups excluding carboxylic acids is 1. The largest absolute Gasteiger partial charge is 0.454 e. The highest BCUT2D eigenvalue weighted by Crippen LogP contribution is 2.34. The number of piperidine rings is 1. The van der Waals surface area contributed by atoms with Crippen molar-refractivity contribution in [1.29, 1.82) is 0 Å². The van der Waals surface area contributed by atoms with Gasteiger partial charge < -0.3 is 14.4 Å². The number of nitrogens with zero attached hydrogens (tertiary/aromatic N) is 4. The number of pyridine rings is 1. The van der Waals surface area contributed by atoms with Crippen LogP contribution in [0.4, 0.5) is 0 Å². The van der Waals surface area contributed by atoms with Gasteiger partial charge in [-0.3, -0.25) is 9.78 Å². The molecule has 2 aliphatic rings. The molecule has 7 heteroatoms. The highest BCUT2D eigenvalue weighted by atomic mass is 16.7. The van der Waals surface area contributed by atoms with Gasteiger partial charge in [-0.2, -0.15) is 0 Å². The van der Waals surface area contributed by atoms with Crippen LogP contribution in [0.5, 0.6) is 11.5 Å². The van der Waals surface area contributed by atoms with E-state index in [9.17, 15) is 4.79 Å². The number of benzene rings is 1. The summed E-state index contributed by atoms with van der Waals surface area (Å²) in [7, 11) is 0. The minimum Gasteiger partial charge on any atom is -0.454 e. The van der Waals surface area contributed by atoms with Crippen LogP contribution in [-0.4, -0.2) is 45.6 Å². The fourth-order valence-corrected chi connectivity index (χ4v) is 4.18. The zero-order chi connectivity index (χ0) is 20.3. The predicted molar refractivity (Wildman–Crippen MR) is 110 cm³/mol. The molecule has 30 heavy (non-hydrogen) atoms. The first-order valence-electron chi connectivity index (χ1n) is 10.1. The fourth-order valence-electron chi connectivity index (χ4n) is 4.18. The fraction of sp³-hybridized carbons (Fsp3) is 0.304. The molecular formula is C23H22N4O3. The van der Waals surface area contributed by atoms with Crippen molar-refractivity contribution in [3.63, 3.8) is 0 Å². The molecule has 3 aromatic rings. The highest BCUT2D eigenvalue weighted by Gasteiger charge is 2.28. The third-order valence-corrected chi connectivity index (χ3v) is 5.69. The van der Waals surface area contributed by atoms with Gasteiger partial charge in [-0.1, -0.05) is 6.07 Å². The van der Waals surface area contributed by atoms with Crippen molar-refractivity contribution in [1.82, 2.24) is 19.9 Å². The van der Waals surface area contributed by atoms with Crippen LogP contribution in [0.3, 0.4) is 0 Å². The molecule has 1 fully saturated rings. The van der Waals surface area contributed by atoms with Crippen molar-refractivity contribution < 1.29 is 14.3 Å². The van der Waals surface area contributed by atoms with E-state index in [2.05, 4.69) is 15.0 Å². The lowest BCUT2D eigenvalue weighted by Gasteiger charge is -2.33. The third kappa shape index (κ3) is 3.70. The van der Waals surface area contributed by atoms with Gasteiger partial charge in [0.25, 0.3) is 0 Å². The molecule has 0 unspecified atom stereocenters. The SMILES string of the molecule is O=C(Cc1ccc2c(c1)OCO2)N1CCC[C@H](c2ncncc2-c2ccncc2)C1. The second-order valence-corrected chi connectivity index (χ2v) is 7.60. The summed E-state index contributed by atoms with van der Waals surface area (Å²) < 4.78 is 10.8. The van der Waals surface area contributed by atoms with Gasteiger partial charge in [0.05, 0.1) is 12.1 Å². The molecular weight excluding hydrogens is 380 g/mol. The molecule has 0 aliphatic carbocycles. The van der Waals surface area contributed by atoms with Crippen molar-refractivity contribution >= 4 is 5.91 Å².